The number of aryl methyl sites for hydroxylation is 1. The number of rotatable bonds is 3. The average molecular weight is 320 g/mol. The Morgan fingerprint density at radius 1 is 1.50 bits per heavy atom. The third-order valence-electron chi connectivity index (χ3n) is 3.12. The summed E-state index contributed by atoms with van der Waals surface area (Å²) in [6.45, 7) is 6.76. The van der Waals surface area contributed by atoms with Gasteiger partial charge in [-0.2, -0.15) is 0 Å². The first-order valence-corrected chi connectivity index (χ1v) is 6.45. The van der Waals surface area contributed by atoms with Crippen molar-refractivity contribution in [3.05, 3.63) is 23.9 Å². The van der Waals surface area contributed by atoms with Gasteiger partial charge in [0, 0.05) is 31.9 Å². The molecule has 0 saturated carbocycles. The number of nitrogens with one attached hydrogen (secondary N) is 3. The Hall–Kier alpha value is -1.20. The minimum atomic E-state index is 0. The summed E-state index contributed by atoms with van der Waals surface area (Å²) in [5.41, 5.74) is 1.23. The zero-order valence-corrected chi connectivity index (χ0v) is 13.5. The first-order valence-electron chi connectivity index (χ1n) is 6.45. The predicted molar refractivity (Wildman–Crippen MR) is 88.6 cm³/mol. The van der Waals surface area contributed by atoms with E-state index in [9.17, 15) is 0 Å². The molecule has 0 aromatic carbocycles. The maximum Gasteiger partial charge on any atom is 0.188 e. The SMILES string of the molecule is CCNC(=N)NC1CCN(c2cc(C)ccn2)C1.Cl.Cl. The summed E-state index contributed by atoms with van der Waals surface area (Å²) >= 11 is 0. The molecule has 1 aliphatic heterocycles. The second kappa shape index (κ2) is 8.87. The van der Waals surface area contributed by atoms with Crippen LogP contribution < -0.4 is 15.5 Å². The largest absolute Gasteiger partial charge is 0.357 e. The van der Waals surface area contributed by atoms with Gasteiger partial charge in [0.05, 0.1) is 0 Å². The lowest BCUT2D eigenvalue weighted by atomic mass is 10.3. The van der Waals surface area contributed by atoms with Crippen molar-refractivity contribution in [1.29, 1.82) is 5.41 Å². The molecule has 0 radical (unpaired) electrons. The second-order valence-corrected chi connectivity index (χ2v) is 4.67. The Labute approximate surface area is 132 Å². The van der Waals surface area contributed by atoms with E-state index >= 15 is 0 Å². The van der Waals surface area contributed by atoms with Crippen molar-refractivity contribution in [3.8, 4) is 0 Å². The third-order valence-corrected chi connectivity index (χ3v) is 3.12. The average Bonchev–Trinajstić information content (AvgIpc) is 2.78. The van der Waals surface area contributed by atoms with Crippen LogP contribution in [0.1, 0.15) is 18.9 Å². The summed E-state index contributed by atoms with van der Waals surface area (Å²) in [4.78, 5) is 6.67. The van der Waals surface area contributed by atoms with Gasteiger partial charge in [0.15, 0.2) is 5.96 Å². The molecule has 1 aliphatic rings. The number of nitrogens with zero attached hydrogens (tertiary/aromatic N) is 2. The van der Waals surface area contributed by atoms with E-state index in [0.29, 0.717) is 12.0 Å². The topological polar surface area (TPSA) is 64.0 Å². The van der Waals surface area contributed by atoms with Gasteiger partial charge in [0.25, 0.3) is 0 Å². The zero-order chi connectivity index (χ0) is 13.0. The maximum atomic E-state index is 7.70. The van der Waals surface area contributed by atoms with Gasteiger partial charge in [-0.15, -0.1) is 24.8 Å². The molecule has 0 aliphatic carbocycles. The monoisotopic (exact) mass is 319 g/mol. The molecule has 0 spiro atoms. The highest BCUT2D eigenvalue weighted by molar-refractivity contribution is 5.85. The minimum absolute atomic E-state index is 0. The van der Waals surface area contributed by atoms with Crippen LogP contribution >= 0.6 is 24.8 Å². The Kier molecular flexibility index (Phi) is 8.34. The van der Waals surface area contributed by atoms with E-state index in [1.54, 1.807) is 0 Å². The van der Waals surface area contributed by atoms with Crippen molar-refractivity contribution in [1.82, 2.24) is 15.6 Å². The van der Waals surface area contributed by atoms with Crippen LogP contribution in [0.2, 0.25) is 0 Å². The molecule has 1 aromatic rings. The molecular formula is C13H23Cl2N5. The summed E-state index contributed by atoms with van der Waals surface area (Å²) in [6, 6.07) is 4.45. The fourth-order valence-electron chi connectivity index (χ4n) is 2.21. The van der Waals surface area contributed by atoms with Crippen molar-refractivity contribution in [2.75, 3.05) is 24.5 Å². The van der Waals surface area contributed by atoms with E-state index in [1.807, 2.05) is 19.2 Å². The molecule has 20 heavy (non-hydrogen) atoms. The molecule has 2 rings (SSSR count). The molecule has 1 saturated heterocycles. The molecule has 1 aromatic heterocycles. The van der Waals surface area contributed by atoms with Crippen LogP contribution in [0, 0.1) is 12.3 Å². The van der Waals surface area contributed by atoms with Crippen LogP contribution in [0.25, 0.3) is 0 Å². The van der Waals surface area contributed by atoms with Gasteiger partial charge in [0.2, 0.25) is 0 Å². The number of halogens is 2. The molecular weight excluding hydrogens is 297 g/mol. The zero-order valence-electron chi connectivity index (χ0n) is 11.8. The van der Waals surface area contributed by atoms with Crippen LogP contribution in [0.3, 0.4) is 0 Å². The fourth-order valence-corrected chi connectivity index (χ4v) is 2.21. The Balaban J connectivity index is 0.00000180. The van der Waals surface area contributed by atoms with Gasteiger partial charge in [-0.05, 0) is 38.0 Å². The number of hydrogen-bond acceptors (Lipinski definition) is 3. The minimum Gasteiger partial charge on any atom is -0.357 e. The van der Waals surface area contributed by atoms with Gasteiger partial charge in [-0.1, -0.05) is 0 Å². The van der Waals surface area contributed by atoms with Crippen molar-refractivity contribution in [2.45, 2.75) is 26.3 Å². The van der Waals surface area contributed by atoms with Crippen molar-refractivity contribution in [2.24, 2.45) is 0 Å². The lowest BCUT2D eigenvalue weighted by molar-refractivity contribution is 0.649. The molecule has 0 bridgehead atoms. The molecule has 114 valence electrons. The molecule has 5 nitrogen and oxygen atoms in total. The van der Waals surface area contributed by atoms with Gasteiger partial charge < -0.3 is 15.5 Å². The summed E-state index contributed by atoms with van der Waals surface area (Å²) in [7, 11) is 0. The van der Waals surface area contributed by atoms with Gasteiger partial charge in [0.1, 0.15) is 5.82 Å². The highest BCUT2D eigenvalue weighted by atomic mass is 35.5. The first kappa shape index (κ1) is 18.8. The highest BCUT2D eigenvalue weighted by Gasteiger charge is 2.23. The third kappa shape index (κ3) is 5.06. The number of guanidine groups is 1. The molecule has 1 atom stereocenters. The summed E-state index contributed by atoms with van der Waals surface area (Å²) in [5.74, 6) is 1.45. The maximum absolute atomic E-state index is 7.70. The quantitative estimate of drug-likeness (QED) is 0.588. The van der Waals surface area contributed by atoms with Crippen LogP contribution in [0.5, 0.6) is 0 Å². The molecule has 1 unspecified atom stereocenters. The van der Waals surface area contributed by atoms with E-state index in [4.69, 9.17) is 5.41 Å². The van der Waals surface area contributed by atoms with Crippen LogP contribution in [-0.2, 0) is 0 Å². The normalized spacial score (nSPS) is 16.9. The lowest BCUT2D eigenvalue weighted by Crippen LogP contribution is -2.43. The number of pyridine rings is 1. The van der Waals surface area contributed by atoms with E-state index in [2.05, 4.69) is 33.5 Å². The lowest BCUT2D eigenvalue weighted by Gasteiger charge is -2.19. The summed E-state index contributed by atoms with van der Waals surface area (Å²) in [5, 5.41) is 13.9. The Morgan fingerprint density at radius 2 is 2.25 bits per heavy atom. The van der Waals surface area contributed by atoms with Crippen molar-refractivity contribution in [3.63, 3.8) is 0 Å². The van der Waals surface area contributed by atoms with E-state index < -0.39 is 0 Å². The summed E-state index contributed by atoms with van der Waals surface area (Å²) in [6.07, 6.45) is 2.90. The molecule has 3 N–H and O–H groups in total. The van der Waals surface area contributed by atoms with E-state index in [-0.39, 0.29) is 24.8 Å². The van der Waals surface area contributed by atoms with Crippen molar-refractivity contribution < 1.29 is 0 Å². The van der Waals surface area contributed by atoms with Gasteiger partial charge in [-0.3, -0.25) is 5.41 Å². The molecule has 1 fully saturated rings. The fraction of sp³-hybridized carbons (Fsp3) is 0.538. The van der Waals surface area contributed by atoms with Crippen LogP contribution in [-0.4, -0.2) is 36.6 Å². The smallest absolute Gasteiger partial charge is 0.188 e. The molecule has 7 heteroatoms. The number of aromatic nitrogens is 1. The Bertz CT molecular complexity index is 427. The number of anilines is 1. The van der Waals surface area contributed by atoms with Crippen LogP contribution in [0.4, 0.5) is 5.82 Å². The predicted octanol–water partition coefficient (Wildman–Crippen LogP) is 1.95. The Morgan fingerprint density at radius 3 is 2.90 bits per heavy atom. The van der Waals surface area contributed by atoms with Gasteiger partial charge in [-0.25, -0.2) is 4.98 Å². The summed E-state index contributed by atoms with van der Waals surface area (Å²) < 4.78 is 0. The van der Waals surface area contributed by atoms with Crippen LogP contribution in [0.15, 0.2) is 18.3 Å². The molecule has 0 amide bonds. The van der Waals surface area contributed by atoms with Gasteiger partial charge >= 0.3 is 0 Å². The van der Waals surface area contributed by atoms with E-state index in [1.165, 1.54) is 5.56 Å². The van der Waals surface area contributed by atoms with Crippen molar-refractivity contribution >= 4 is 36.6 Å². The van der Waals surface area contributed by atoms with E-state index in [0.717, 1.165) is 31.9 Å². The number of hydrogen-bond donors (Lipinski definition) is 3. The first-order chi connectivity index (χ1) is 8.69. The highest BCUT2D eigenvalue weighted by Crippen LogP contribution is 2.18. The molecule has 2 heterocycles. The standard InChI is InChI=1S/C13H21N5.2ClH/c1-3-15-13(14)17-11-5-7-18(9-11)12-8-10(2)4-6-16-12;;/h4,6,8,11H,3,5,7,9H2,1-2H3,(H3,14,15,17);2*1H. The second-order valence-electron chi connectivity index (χ2n) is 4.67.